The van der Waals surface area contributed by atoms with Gasteiger partial charge in [0.2, 0.25) is 5.91 Å². The molecule has 1 aliphatic rings. The second kappa shape index (κ2) is 4.91. The number of carbonyl (C=O) groups excluding carboxylic acids is 1. The fraction of sp³-hybridized carbons (Fsp3) is 0.875. The first-order chi connectivity index (χ1) is 6.90. The smallest absolute Gasteiger partial charge is 0.226 e. The highest BCUT2D eigenvalue weighted by molar-refractivity contribution is 7.85. The third kappa shape index (κ3) is 4.15. The van der Waals surface area contributed by atoms with E-state index in [0.29, 0.717) is 26.3 Å². The molecule has 1 saturated heterocycles. The predicted octanol–water partition coefficient (Wildman–Crippen LogP) is -0.973. The Bertz CT molecular complexity index is 320. The standard InChI is InChI=1S/C8H15NO5S/c1-7(6-15(11,12)13)8(10)9-2-4-14-5-3-9/h7H,2-6H2,1H3,(H,11,12,13)/p-1. The number of ether oxygens (including phenoxy) is 1. The molecule has 0 aromatic carbocycles. The SMILES string of the molecule is CC(CS(=O)(=O)[O-])C(=O)N1CCOCC1. The molecule has 0 bridgehead atoms. The molecule has 0 spiro atoms. The van der Waals surface area contributed by atoms with Crippen molar-refractivity contribution in [2.75, 3.05) is 32.1 Å². The van der Waals surface area contributed by atoms with Crippen LogP contribution >= 0.6 is 0 Å². The van der Waals surface area contributed by atoms with Crippen LogP contribution in [-0.4, -0.2) is 55.8 Å². The van der Waals surface area contributed by atoms with E-state index >= 15 is 0 Å². The molecule has 1 unspecified atom stereocenters. The summed E-state index contributed by atoms with van der Waals surface area (Å²) in [5.41, 5.74) is 0. The van der Waals surface area contributed by atoms with Crippen molar-refractivity contribution in [3.8, 4) is 0 Å². The summed E-state index contributed by atoms with van der Waals surface area (Å²) in [5, 5.41) is 0. The normalized spacial score (nSPS) is 20.0. The van der Waals surface area contributed by atoms with Crippen molar-refractivity contribution < 1.29 is 22.5 Å². The van der Waals surface area contributed by atoms with Crippen molar-refractivity contribution in [3.63, 3.8) is 0 Å². The maximum absolute atomic E-state index is 11.6. The zero-order chi connectivity index (χ0) is 11.5. The van der Waals surface area contributed by atoms with Crippen LogP contribution in [0.1, 0.15) is 6.92 Å². The molecule has 1 aliphatic heterocycles. The third-order valence-corrected chi connectivity index (χ3v) is 3.11. The fourth-order valence-corrected chi connectivity index (χ4v) is 2.23. The zero-order valence-corrected chi connectivity index (χ0v) is 9.33. The Kier molecular flexibility index (Phi) is 4.06. The summed E-state index contributed by atoms with van der Waals surface area (Å²) in [6.07, 6.45) is 0. The Morgan fingerprint density at radius 2 is 2.00 bits per heavy atom. The van der Waals surface area contributed by atoms with Gasteiger partial charge in [-0.25, -0.2) is 8.42 Å². The van der Waals surface area contributed by atoms with Gasteiger partial charge < -0.3 is 14.2 Å². The quantitative estimate of drug-likeness (QED) is 0.588. The molecule has 1 heterocycles. The number of morpholine rings is 1. The van der Waals surface area contributed by atoms with Crippen molar-refractivity contribution in [2.24, 2.45) is 5.92 Å². The molecule has 0 saturated carbocycles. The van der Waals surface area contributed by atoms with Crippen LogP contribution in [0.15, 0.2) is 0 Å². The van der Waals surface area contributed by atoms with E-state index < -0.39 is 21.8 Å². The Labute approximate surface area is 89.0 Å². The molecule has 1 atom stereocenters. The van der Waals surface area contributed by atoms with Gasteiger partial charge in [-0.1, -0.05) is 6.92 Å². The van der Waals surface area contributed by atoms with E-state index in [-0.39, 0.29) is 5.91 Å². The Morgan fingerprint density at radius 3 is 2.47 bits per heavy atom. The summed E-state index contributed by atoms with van der Waals surface area (Å²) in [4.78, 5) is 13.2. The molecule has 1 rings (SSSR count). The molecular formula is C8H14NO5S-. The van der Waals surface area contributed by atoms with Crippen molar-refractivity contribution >= 4 is 16.0 Å². The highest BCUT2D eigenvalue weighted by Gasteiger charge is 2.23. The second-order valence-corrected chi connectivity index (χ2v) is 5.01. The maximum atomic E-state index is 11.6. The van der Waals surface area contributed by atoms with Gasteiger partial charge in [-0.15, -0.1) is 0 Å². The molecule has 88 valence electrons. The van der Waals surface area contributed by atoms with Gasteiger partial charge in [-0.2, -0.15) is 0 Å². The lowest BCUT2D eigenvalue weighted by Gasteiger charge is -2.29. The molecule has 0 radical (unpaired) electrons. The van der Waals surface area contributed by atoms with E-state index in [0.717, 1.165) is 0 Å². The van der Waals surface area contributed by atoms with Crippen LogP contribution in [0, 0.1) is 5.92 Å². The molecule has 1 fully saturated rings. The van der Waals surface area contributed by atoms with Crippen LogP contribution in [0.5, 0.6) is 0 Å². The topological polar surface area (TPSA) is 86.7 Å². The van der Waals surface area contributed by atoms with Crippen molar-refractivity contribution in [2.45, 2.75) is 6.92 Å². The molecule has 0 aromatic heterocycles. The zero-order valence-electron chi connectivity index (χ0n) is 8.51. The van der Waals surface area contributed by atoms with Crippen LogP contribution in [0.25, 0.3) is 0 Å². The number of rotatable bonds is 3. The first kappa shape index (κ1) is 12.4. The molecule has 15 heavy (non-hydrogen) atoms. The van der Waals surface area contributed by atoms with Crippen molar-refractivity contribution in [3.05, 3.63) is 0 Å². The monoisotopic (exact) mass is 236 g/mol. The average molecular weight is 236 g/mol. The van der Waals surface area contributed by atoms with Gasteiger partial charge in [0.25, 0.3) is 0 Å². The number of hydrogen-bond donors (Lipinski definition) is 0. The minimum atomic E-state index is -4.34. The van der Waals surface area contributed by atoms with Crippen LogP contribution in [0.2, 0.25) is 0 Å². The van der Waals surface area contributed by atoms with Crippen LogP contribution in [0.4, 0.5) is 0 Å². The van der Waals surface area contributed by atoms with E-state index in [1.54, 1.807) is 0 Å². The highest BCUT2D eigenvalue weighted by atomic mass is 32.2. The van der Waals surface area contributed by atoms with E-state index in [4.69, 9.17) is 4.74 Å². The van der Waals surface area contributed by atoms with E-state index in [9.17, 15) is 17.8 Å². The van der Waals surface area contributed by atoms with Crippen LogP contribution in [-0.2, 0) is 19.6 Å². The summed E-state index contributed by atoms with van der Waals surface area (Å²) in [7, 11) is -4.34. The largest absolute Gasteiger partial charge is 0.748 e. The second-order valence-electron chi connectivity index (χ2n) is 3.56. The minimum absolute atomic E-state index is 0.294. The third-order valence-electron chi connectivity index (χ3n) is 2.20. The summed E-state index contributed by atoms with van der Waals surface area (Å²) in [5.74, 6) is -1.70. The van der Waals surface area contributed by atoms with Gasteiger partial charge >= 0.3 is 0 Å². The van der Waals surface area contributed by atoms with Gasteiger partial charge in [0.05, 0.1) is 23.3 Å². The number of amides is 1. The lowest BCUT2D eigenvalue weighted by molar-refractivity contribution is -0.138. The predicted molar refractivity (Wildman–Crippen MR) is 51.1 cm³/mol. The lowest BCUT2D eigenvalue weighted by Crippen LogP contribution is -2.44. The maximum Gasteiger partial charge on any atom is 0.226 e. The molecule has 1 amide bonds. The molecule has 6 nitrogen and oxygen atoms in total. The molecule has 0 aromatic rings. The number of carbonyl (C=O) groups is 1. The van der Waals surface area contributed by atoms with Gasteiger partial charge in [-0.05, 0) is 0 Å². The first-order valence-electron chi connectivity index (χ1n) is 4.70. The van der Waals surface area contributed by atoms with Gasteiger partial charge in [-0.3, -0.25) is 4.79 Å². The molecule has 7 heteroatoms. The number of hydrogen-bond acceptors (Lipinski definition) is 5. The fourth-order valence-electron chi connectivity index (χ4n) is 1.47. The van der Waals surface area contributed by atoms with E-state index in [2.05, 4.69) is 0 Å². The summed E-state index contributed by atoms with van der Waals surface area (Å²) in [6.45, 7) is 3.29. The van der Waals surface area contributed by atoms with Crippen molar-refractivity contribution in [1.82, 2.24) is 4.90 Å². The van der Waals surface area contributed by atoms with Gasteiger partial charge in [0.1, 0.15) is 0 Å². The Balaban J connectivity index is 2.51. The van der Waals surface area contributed by atoms with E-state index in [1.807, 2.05) is 0 Å². The van der Waals surface area contributed by atoms with Crippen molar-refractivity contribution in [1.29, 1.82) is 0 Å². The summed E-state index contributed by atoms with van der Waals surface area (Å²) in [6, 6.07) is 0. The Morgan fingerprint density at radius 1 is 1.47 bits per heavy atom. The highest BCUT2D eigenvalue weighted by Crippen LogP contribution is 2.07. The van der Waals surface area contributed by atoms with Gasteiger partial charge in [0.15, 0.2) is 0 Å². The summed E-state index contributed by atoms with van der Waals surface area (Å²) >= 11 is 0. The average Bonchev–Trinajstić information content (AvgIpc) is 2.15. The molecular weight excluding hydrogens is 222 g/mol. The minimum Gasteiger partial charge on any atom is -0.748 e. The van der Waals surface area contributed by atoms with Crippen LogP contribution < -0.4 is 0 Å². The van der Waals surface area contributed by atoms with E-state index in [1.165, 1.54) is 11.8 Å². The number of nitrogens with zero attached hydrogens (tertiary/aromatic N) is 1. The van der Waals surface area contributed by atoms with Gasteiger partial charge in [0, 0.05) is 24.8 Å². The molecule has 0 aliphatic carbocycles. The summed E-state index contributed by atoms with van der Waals surface area (Å²) < 4.78 is 36.5. The molecule has 0 N–H and O–H groups in total. The first-order valence-corrected chi connectivity index (χ1v) is 6.28. The lowest BCUT2D eigenvalue weighted by atomic mass is 10.2. The van der Waals surface area contributed by atoms with Crippen LogP contribution in [0.3, 0.4) is 0 Å². The Hall–Kier alpha value is -0.660.